The number of carbonyl (C=O) groups is 1. The van der Waals surface area contributed by atoms with Crippen LogP contribution in [0.3, 0.4) is 0 Å². The molecule has 0 aliphatic rings. The lowest BCUT2D eigenvalue weighted by molar-refractivity contribution is 0.0942. The fourth-order valence-electron chi connectivity index (χ4n) is 3.32. The Bertz CT molecular complexity index is 928. The first-order valence-corrected chi connectivity index (χ1v) is 8.96. The van der Waals surface area contributed by atoms with E-state index in [1.165, 1.54) is 11.1 Å². The molecule has 2 heteroatoms. The van der Waals surface area contributed by atoms with Crippen LogP contribution in [0.4, 0.5) is 0 Å². The van der Waals surface area contributed by atoms with Crippen molar-refractivity contribution >= 4 is 5.91 Å². The molecule has 1 N–H and O–H groups in total. The Morgan fingerprint density at radius 2 is 1.42 bits per heavy atom. The number of benzene rings is 3. The average molecular weight is 343 g/mol. The van der Waals surface area contributed by atoms with Crippen LogP contribution in [0.25, 0.3) is 0 Å². The maximum absolute atomic E-state index is 13.0. The molecule has 0 radical (unpaired) electrons. The molecular weight excluding hydrogens is 318 g/mol. The van der Waals surface area contributed by atoms with Gasteiger partial charge in [-0.1, -0.05) is 71.8 Å². The molecule has 0 saturated heterocycles. The lowest BCUT2D eigenvalue weighted by atomic mass is 9.93. The van der Waals surface area contributed by atoms with Crippen molar-refractivity contribution in [2.24, 2.45) is 0 Å². The Kier molecular flexibility index (Phi) is 5.22. The standard InChI is InChI=1S/C24H25NO/c1-16-11-13-21(19(4)14-16)23(20-8-6-5-7-9-20)25-24(26)22-15-17(2)10-12-18(22)3/h5-15,23H,1-4H3,(H,25,26). The molecule has 0 heterocycles. The van der Waals surface area contributed by atoms with Gasteiger partial charge in [0.2, 0.25) is 0 Å². The molecule has 1 unspecified atom stereocenters. The minimum atomic E-state index is -0.177. The van der Waals surface area contributed by atoms with Crippen LogP contribution in [-0.4, -0.2) is 5.91 Å². The Labute approximate surface area is 155 Å². The zero-order valence-electron chi connectivity index (χ0n) is 15.8. The highest BCUT2D eigenvalue weighted by Crippen LogP contribution is 2.26. The van der Waals surface area contributed by atoms with Crippen LogP contribution >= 0.6 is 0 Å². The molecule has 132 valence electrons. The molecule has 2 nitrogen and oxygen atoms in total. The van der Waals surface area contributed by atoms with Crippen molar-refractivity contribution in [2.75, 3.05) is 0 Å². The summed E-state index contributed by atoms with van der Waals surface area (Å²) < 4.78 is 0. The second-order valence-corrected chi connectivity index (χ2v) is 7.00. The quantitative estimate of drug-likeness (QED) is 0.671. The first kappa shape index (κ1) is 17.9. The SMILES string of the molecule is Cc1ccc(C(NC(=O)c2cc(C)ccc2C)c2ccccc2)c(C)c1. The summed E-state index contributed by atoms with van der Waals surface area (Å²) in [5.74, 6) is -0.0416. The molecule has 1 amide bonds. The molecule has 3 aromatic carbocycles. The van der Waals surface area contributed by atoms with Crippen LogP contribution < -0.4 is 5.32 Å². The van der Waals surface area contributed by atoms with Crippen molar-refractivity contribution in [3.05, 3.63) is 106 Å². The van der Waals surface area contributed by atoms with E-state index in [1.54, 1.807) is 0 Å². The molecule has 26 heavy (non-hydrogen) atoms. The van der Waals surface area contributed by atoms with Gasteiger partial charge in [-0.3, -0.25) is 4.79 Å². The summed E-state index contributed by atoms with van der Waals surface area (Å²) in [7, 11) is 0. The average Bonchev–Trinajstić information content (AvgIpc) is 2.63. The summed E-state index contributed by atoms with van der Waals surface area (Å²) in [6.45, 7) is 8.17. The molecule has 0 fully saturated rings. The van der Waals surface area contributed by atoms with Crippen LogP contribution in [0.15, 0.2) is 66.7 Å². The van der Waals surface area contributed by atoms with E-state index in [2.05, 4.69) is 49.5 Å². The third-order valence-electron chi connectivity index (χ3n) is 4.78. The number of nitrogens with one attached hydrogen (secondary N) is 1. The van der Waals surface area contributed by atoms with Gasteiger partial charge >= 0.3 is 0 Å². The van der Waals surface area contributed by atoms with Gasteiger partial charge in [0.25, 0.3) is 5.91 Å². The van der Waals surface area contributed by atoms with Crippen molar-refractivity contribution in [3.8, 4) is 0 Å². The molecule has 3 aromatic rings. The predicted octanol–water partition coefficient (Wildman–Crippen LogP) is 5.44. The number of hydrogen-bond donors (Lipinski definition) is 1. The van der Waals surface area contributed by atoms with Crippen LogP contribution in [0.5, 0.6) is 0 Å². The van der Waals surface area contributed by atoms with E-state index < -0.39 is 0 Å². The van der Waals surface area contributed by atoms with Crippen molar-refractivity contribution in [3.63, 3.8) is 0 Å². The molecule has 0 aromatic heterocycles. The molecule has 0 bridgehead atoms. The van der Waals surface area contributed by atoms with Gasteiger partial charge in [-0.15, -0.1) is 0 Å². The highest BCUT2D eigenvalue weighted by Gasteiger charge is 2.20. The number of amides is 1. The van der Waals surface area contributed by atoms with E-state index in [0.29, 0.717) is 0 Å². The van der Waals surface area contributed by atoms with Crippen LogP contribution in [-0.2, 0) is 0 Å². The largest absolute Gasteiger partial charge is 0.341 e. The van der Waals surface area contributed by atoms with Gasteiger partial charge in [0.05, 0.1) is 6.04 Å². The lowest BCUT2D eigenvalue weighted by Gasteiger charge is -2.22. The summed E-state index contributed by atoms with van der Waals surface area (Å²) in [6.07, 6.45) is 0. The van der Waals surface area contributed by atoms with Gasteiger partial charge in [-0.2, -0.15) is 0 Å². The number of carbonyl (C=O) groups excluding carboxylic acids is 1. The Hall–Kier alpha value is -2.87. The minimum Gasteiger partial charge on any atom is -0.341 e. The van der Waals surface area contributed by atoms with Crippen molar-refractivity contribution < 1.29 is 4.79 Å². The van der Waals surface area contributed by atoms with Gasteiger partial charge in [0, 0.05) is 5.56 Å². The smallest absolute Gasteiger partial charge is 0.252 e. The summed E-state index contributed by atoms with van der Waals surface area (Å²) in [6, 6.07) is 22.3. The van der Waals surface area contributed by atoms with Crippen LogP contribution in [0.1, 0.15) is 49.8 Å². The van der Waals surface area contributed by atoms with Crippen molar-refractivity contribution in [2.45, 2.75) is 33.7 Å². The van der Waals surface area contributed by atoms with E-state index in [9.17, 15) is 4.79 Å². The molecule has 0 aliphatic heterocycles. The van der Waals surface area contributed by atoms with E-state index in [-0.39, 0.29) is 11.9 Å². The fourth-order valence-corrected chi connectivity index (χ4v) is 3.32. The maximum Gasteiger partial charge on any atom is 0.252 e. The number of hydrogen-bond acceptors (Lipinski definition) is 1. The van der Waals surface area contributed by atoms with Gasteiger partial charge in [0.1, 0.15) is 0 Å². The summed E-state index contributed by atoms with van der Waals surface area (Å²) >= 11 is 0. The number of rotatable bonds is 4. The summed E-state index contributed by atoms with van der Waals surface area (Å²) in [4.78, 5) is 13.0. The van der Waals surface area contributed by atoms with Gasteiger partial charge in [0.15, 0.2) is 0 Å². The molecule has 0 saturated carbocycles. The normalized spacial score (nSPS) is 11.8. The zero-order chi connectivity index (χ0) is 18.7. The first-order chi connectivity index (χ1) is 12.5. The van der Waals surface area contributed by atoms with Crippen molar-refractivity contribution in [1.82, 2.24) is 5.32 Å². The Balaban J connectivity index is 2.01. The van der Waals surface area contributed by atoms with Crippen LogP contribution in [0, 0.1) is 27.7 Å². The van der Waals surface area contributed by atoms with Gasteiger partial charge in [-0.05, 0) is 56.0 Å². The second-order valence-electron chi connectivity index (χ2n) is 7.00. The third-order valence-corrected chi connectivity index (χ3v) is 4.78. The summed E-state index contributed by atoms with van der Waals surface area (Å²) in [5, 5.41) is 3.26. The van der Waals surface area contributed by atoms with E-state index in [1.807, 2.05) is 50.2 Å². The Morgan fingerprint density at radius 3 is 2.12 bits per heavy atom. The lowest BCUT2D eigenvalue weighted by Crippen LogP contribution is -2.30. The molecule has 0 aliphatic carbocycles. The highest BCUT2D eigenvalue weighted by molar-refractivity contribution is 5.96. The third kappa shape index (κ3) is 3.85. The summed E-state index contributed by atoms with van der Waals surface area (Å²) in [5.41, 5.74) is 7.41. The van der Waals surface area contributed by atoms with E-state index in [0.717, 1.165) is 27.8 Å². The minimum absolute atomic E-state index is 0.0416. The first-order valence-electron chi connectivity index (χ1n) is 8.96. The molecule has 1 atom stereocenters. The van der Waals surface area contributed by atoms with E-state index >= 15 is 0 Å². The fraction of sp³-hybridized carbons (Fsp3) is 0.208. The predicted molar refractivity (Wildman–Crippen MR) is 108 cm³/mol. The topological polar surface area (TPSA) is 29.1 Å². The monoisotopic (exact) mass is 343 g/mol. The van der Waals surface area contributed by atoms with Gasteiger partial charge < -0.3 is 5.32 Å². The molecular formula is C24H25NO. The Morgan fingerprint density at radius 1 is 0.769 bits per heavy atom. The van der Waals surface area contributed by atoms with Gasteiger partial charge in [-0.25, -0.2) is 0 Å². The van der Waals surface area contributed by atoms with Crippen molar-refractivity contribution in [1.29, 1.82) is 0 Å². The molecule has 0 spiro atoms. The zero-order valence-corrected chi connectivity index (χ0v) is 15.8. The number of aryl methyl sites for hydroxylation is 4. The van der Waals surface area contributed by atoms with Crippen LogP contribution in [0.2, 0.25) is 0 Å². The molecule has 3 rings (SSSR count). The highest BCUT2D eigenvalue weighted by atomic mass is 16.1. The van der Waals surface area contributed by atoms with E-state index in [4.69, 9.17) is 0 Å². The second kappa shape index (κ2) is 7.57. The maximum atomic E-state index is 13.0.